The third-order valence-corrected chi connectivity index (χ3v) is 2.59. The lowest BCUT2D eigenvalue weighted by molar-refractivity contribution is 0.0821. The summed E-state index contributed by atoms with van der Waals surface area (Å²) in [6, 6.07) is 3.58. The third-order valence-electron chi connectivity index (χ3n) is 2.59. The van der Waals surface area contributed by atoms with E-state index in [2.05, 4.69) is 4.98 Å². The molecule has 2 rings (SSSR count). The number of ether oxygens (including phenoxy) is 1. The van der Waals surface area contributed by atoms with Gasteiger partial charge in [-0.15, -0.1) is 0 Å². The number of ketones is 1. The van der Waals surface area contributed by atoms with E-state index < -0.39 is 0 Å². The highest BCUT2D eigenvalue weighted by Gasteiger charge is 2.33. The third kappa shape index (κ3) is 2.40. The lowest BCUT2D eigenvalue weighted by Crippen LogP contribution is -2.24. The fourth-order valence-corrected chi connectivity index (χ4v) is 1.53. The second-order valence-electron chi connectivity index (χ2n) is 4.16. The van der Waals surface area contributed by atoms with E-state index in [9.17, 15) is 4.79 Å². The first-order valence-corrected chi connectivity index (χ1v) is 5.74. The van der Waals surface area contributed by atoms with Crippen LogP contribution in [-0.4, -0.2) is 17.4 Å². The van der Waals surface area contributed by atoms with Crippen LogP contribution in [0.5, 0.6) is 5.75 Å². The lowest BCUT2D eigenvalue weighted by atomic mass is 9.83. The van der Waals surface area contributed by atoms with E-state index in [1.54, 1.807) is 18.3 Å². The Labute approximate surface area is 96.8 Å². The minimum absolute atomic E-state index is 0.0746. The molecule has 0 aliphatic carbocycles. The van der Waals surface area contributed by atoms with Crippen LogP contribution >= 0.6 is 0 Å². The molecule has 0 unspecified atom stereocenters. The van der Waals surface area contributed by atoms with Crippen LogP contribution in [0.1, 0.15) is 44.6 Å². The van der Waals surface area contributed by atoms with Crippen molar-refractivity contribution in [1.82, 2.24) is 4.98 Å². The van der Waals surface area contributed by atoms with Crippen molar-refractivity contribution in [3.05, 3.63) is 24.0 Å². The van der Waals surface area contributed by atoms with Crippen molar-refractivity contribution in [3.63, 3.8) is 0 Å². The summed E-state index contributed by atoms with van der Waals surface area (Å²) in [6.07, 6.45) is 2.36. The highest BCUT2D eigenvalue weighted by atomic mass is 16.5. The number of hydrogen-bond donors (Lipinski definition) is 0. The Kier molecular flexibility index (Phi) is 4.05. The van der Waals surface area contributed by atoms with Crippen LogP contribution in [-0.2, 0) is 0 Å². The molecule has 3 nitrogen and oxygen atoms in total. The average Bonchev–Trinajstić information content (AvgIpc) is 2.41. The molecule has 1 aliphatic heterocycles. The molecule has 1 aromatic rings. The zero-order chi connectivity index (χ0) is 12.2. The van der Waals surface area contributed by atoms with Gasteiger partial charge in [-0.3, -0.25) is 4.79 Å². The van der Waals surface area contributed by atoms with Crippen molar-refractivity contribution < 1.29 is 9.53 Å². The Bertz CT molecular complexity index is 372. The Morgan fingerprint density at radius 2 is 2.06 bits per heavy atom. The van der Waals surface area contributed by atoms with E-state index in [4.69, 9.17) is 4.74 Å². The number of fused-ring (bicyclic) bond motifs is 1. The summed E-state index contributed by atoms with van der Waals surface area (Å²) in [5, 5.41) is 0. The van der Waals surface area contributed by atoms with Crippen molar-refractivity contribution in [2.75, 3.05) is 6.61 Å². The predicted molar refractivity (Wildman–Crippen MR) is 63.8 cm³/mol. The second-order valence-corrected chi connectivity index (χ2v) is 4.16. The first kappa shape index (κ1) is 12.7. The smallest absolute Gasteiger partial charge is 0.190 e. The second kappa shape index (κ2) is 5.10. The van der Waals surface area contributed by atoms with Crippen molar-refractivity contribution >= 4 is 5.78 Å². The number of hydrogen-bond acceptors (Lipinski definition) is 3. The van der Waals surface area contributed by atoms with E-state index in [-0.39, 0.29) is 11.2 Å². The van der Waals surface area contributed by atoms with Gasteiger partial charge < -0.3 is 4.74 Å². The molecule has 0 fully saturated rings. The molecule has 0 bridgehead atoms. The molecule has 88 valence electrons. The molecule has 2 heterocycles. The highest BCUT2D eigenvalue weighted by Crippen LogP contribution is 2.32. The summed E-state index contributed by atoms with van der Waals surface area (Å²) >= 11 is 0. The number of nitrogens with zero attached hydrogens (tertiary/aromatic N) is 1. The minimum Gasteiger partial charge on any atom is -0.491 e. The van der Waals surface area contributed by atoms with Crippen molar-refractivity contribution in [2.45, 2.75) is 34.1 Å². The van der Waals surface area contributed by atoms with Gasteiger partial charge in [0.05, 0.1) is 6.61 Å². The van der Waals surface area contributed by atoms with Gasteiger partial charge in [0.2, 0.25) is 0 Å². The van der Waals surface area contributed by atoms with Crippen LogP contribution < -0.4 is 4.74 Å². The van der Waals surface area contributed by atoms with Gasteiger partial charge in [0.25, 0.3) is 0 Å². The monoisotopic (exact) mass is 221 g/mol. The maximum Gasteiger partial charge on any atom is 0.190 e. The molecule has 16 heavy (non-hydrogen) atoms. The first-order chi connectivity index (χ1) is 7.61. The summed E-state index contributed by atoms with van der Waals surface area (Å²) in [4.78, 5) is 16.1. The minimum atomic E-state index is -0.362. The van der Waals surface area contributed by atoms with Gasteiger partial charge in [-0.2, -0.15) is 0 Å². The van der Waals surface area contributed by atoms with Crippen LogP contribution in [0.15, 0.2) is 18.3 Å². The Morgan fingerprint density at radius 1 is 1.38 bits per heavy atom. The fraction of sp³-hybridized carbons (Fsp3) is 0.538. The van der Waals surface area contributed by atoms with Gasteiger partial charge in [-0.05, 0) is 18.6 Å². The quantitative estimate of drug-likeness (QED) is 0.675. The van der Waals surface area contributed by atoms with Gasteiger partial charge in [-0.25, -0.2) is 4.98 Å². The van der Waals surface area contributed by atoms with E-state index in [1.807, 2.05) is 27.7 Å². The zero-order valence-corrected chi connectivity index (χ0v) is 10.4. The molecular weight excluding hydrogens is 202 g/mol. The van der Waals surface area contributed by atoms with Crippen LogP contribution in [0.25, 0.3) is 0 Å². The summed E-state index contributed by atoms with van der Waals surface area (Å²) in [5.74, 6) is 0.689. The van der Waals surface area contributed by atoms with Crippen molar-refractivity contribution in [3.8, 4) is 5.75 Å². The number of aromatic nitrogens is 1. The van der Waals surface area contributed by atoms with Crippen LogP contribution in [0.2, 0.25) is 0 Å². The summed E-state index contributed by atoms with van der Waals surface area (Å²) < 4.78 is 5.47. The van der Waals surface area contributed by atoms with Crippen LogP contribution in [0.3, 0.4) is 0 Å². The molecule has 0 spiro atoms. The van der Waals surface area contributed by atoms with Crippen LogP contribution in [0.4, 0.5) is 0 Å². The molecule has 0 N–H and O–H groups in total. The number of pyridine rings is 1. The normalized spacial score (nSPS) is 17.4. The molecule has 0 saturated heterocycles. The van der Waals surface area contributed by atoms with E-state index in [0.717, 1.165) is 6.42 Å². The molecule has 0 atom stereocenters. The topological polar surface area (TPSA) is 39.2 Å². The van der Waals surface area contributed by atoms with Gasteiger partial charge in [0, 0.05) is 11.6 Å². The van der Waals surface area contributed by atoms with Gasteiger partial charge in [0.1, 0.15) is 11.4 Å². The van der Waals surface area contributed by atoms with E-state index in [0.29, 0.717) is 18.1 Å². The zero-order valence-electron chi connectivity index (χ0n) is 10.4. The van der Waals surface area contributed by atoms with Gasteiger partial charge in [0.15, 0.2) is 5.78 Å². The standard InChI is InChI=1S/C11H13NO2.C2H6/c1-11(2)5-7-14-8-4-3-6-12-9(8)10(11)13;1-2/h3-4,6H,5,7H2,1-2H3;1-2H3. The molecular formula is C13H19NO2. The maximum atomic E-state index is 12.0. The Morgan fingerprint density at radius 3 is 2.75 bits per heavy atom. The summed E-state index contributed by atoms with van der Waals surface area (Å²) in [7, 11) is 0. The maximum absolute atomic E-state index is 12.0. The molecule has 0 saturated carbocycles. The molecule has 0 aromatic carbocycles. The Hall–Kier alpha value is -1.38. The highest BCUT2D eigenvalue weighted by molar-refractivity contribution is 6.00. The van der Waals surface area contributed by atoms with Crippen LogP contribution in [0, 0.1) is 5.41 Å². The molecule has 0 radical (unpaired) electrons. The number of carbonyl (C=O) groups excluding carboxylic acids is 1. The lowest BCUT2D eigenvalue weighted by Gasteiger charge is -2.18. The predicted octanol–water partition coefficient (Wildman–Crippen LogP) is 3.10. The van der Waals surface area contributed by atoms with Crippen molar-refractivity contribution in [1.29, 1.82) is 0 Å². The fourth-order valence-electron chi connectivity index (χ4n) is 1.53. The number of Topliss-reactive ketones (excluding diaryl/α,β-unsaturated/α-hetero) is 1. The molecule has 3 heteroatoms. The van der Waals surface area contributed by atoms with Crippen molar-refractivity contribution in [2.24, 2.45) is 5.41 Å². The summed E-state index contributed by atoms with van der Waals surface area (Å²) in [6.45, 7) is 8.45. The molecule has 0 amide bonds. The molecule has 1 aliphatic rings. The SMILES string of the molecule is CC.CC1(C)CCOc2cccnc2C1=O. The Balaban J connectivity index is 0.000000606. The summed E-state index contributed by atoms with van der Waals surface area (Å²) in [5.41, 5.74) is 0.106. The van der Waals surface area contributed by atoms with Gasteiger partial charge >= 0.3 is 0 Å². The number of rotatable bonds is 0. The van der Waals surface area contributed by atoms with E-state index in [1.165, 1.54) is 0 Å². The average molecular weight is 221 g/mol. The van der Waals surface area contributed by atoms with E-state index >= 15 is 0 Å². The number of carbonyl (C=O) groups is 1. The first-order valence-electron chi connectivity index (χ1n) is 5.74. The van der Waals surface area contributed by atoms with Gasteiger partial charge in [-0.1, -0.05) is 27.7 Å². The largest absolute Gasteiger partial charge is 0.491 e. The molecule has 1 aromatic heterocycles.